The normalized spacial score (nSPS) is 12.4. The largest absolute Gasteiger partial charge is 0.480 e. The standard InChI is InChI=1S/C32H51NO7/c1-31(2,3)39-28(35)22-21-26(29(36)37)33-27(34)20-15-13-11-9-7-8-10-12-14-17-24-18-16-19-25(23-24)30(38)40-32(4,5)6/h16,18-19,23,26H,7-15,17,20-22H2,1-6H3,(H,33,34)(H,36,37)/t26-/m0/s1. The molecule has 0 radical (unpaired) electrons. The fourth-order valence-corrected chi connectivity index (χ4v) is 4.22. The smallest absolute Gasteiger partial charge is 0.338 e. The van der Waals surface area contributed by atoms with Gasteiger partial charge in [0.2, 0.25) is 5.91 Å². The average molecular weight is 562 g/mol. The maximum absolute atomic E-state index is 12.3. The van der Waals surface area contributed by atoms with E-state index in [4.69, 9.17) is 9.47 Å². The molecule has 0 bridgehead atoms. The number of carboxylic acids is 1. The minimum Gasteiger partial charge on any atom is -0.480 e. The summed E-state index contributed by atoms with van der Waals surface area (Å²) >= 11 is 0. The predicted molar refractivity (Wildman–Crippen MR) is 156 cm³/mol. The van der Waals surface area contributed by atoms with Gasteiger partial charge in [0.05, 0.1) is 5.56 Å². The van der Waals surface area contributed by atoms with E-state index in [1.54, 1.807) is 26.8 Å². The topological polar surface area (TPSA) is 119 Å². The third-order valence-electron chi connectivity index (χ3n) is 6.12. The number of esters is 2. The summed E-state index contributed by atoms with van der Waals surface area (Å²) in [5.74, 6) is -2.20. The Kier molecular flexibility index (Phi) is 15.6. The summed E-state index contributed by atoms with van der Waals surface area (Å²) in [5, 5.41) is 11.9. The highest BCUT2D eigenvalue weighted by atomic mass is 16.6. The van der Waals surface area contributed by atoms with E-state index in [9.17, 15) is 24.3 Å². The molecule has 1 rings (SSSR count). The highest BCUT2D eigenvalue weighted by molar-refractivity contribution is 5.89. The summed E-state index contributed by atoms with van der Waals surface area (Å²) in [4.78, 5) is 47.7. The van der Waals surface area contributed by atoms with Crippen molar-refractivity contribution in [3.8, 4) is 0 Å². The first kappa shape index (κ1) is 35.1. The number of aryl methyl sites for hydroxylation is 1. The molecule has 0 fully saturated rings. The van der Waals surface area contributed by atoms with Crippen molar-refractivity contribution in [3.63, 3.8) is 0 Å². The molecule has 0 heterocycles. The van der Waals surface area contributed by atoms with Gasteiger partial charge in [-0.2, -0.15) is 0 Å². The molecule has 0 aliphatic rings. The van der Waals surface area contributed by atoms with E-state index in [1.807, 2.05) is 32.9 Å². The van der Waals surface area contributed by atoms with Gasteiger partial charge in [-0.25, -0.2) is 9.59 Å². The minimum absolute atomic E-state index is 0.00839. The molecule has 226 valence electrons. The van der Waals surface area contributed by atoms with Crippen LogP contribution in [0.25, 0.3) is 0 Å². The Morgan fingerprint density at radius 2 is 1.32 bits per heavy atom. The van der Waals surface area contributed by atoms with Crippen LogP contribution in [-0.4, -0.2) is 46.2 Å². The molecule has 0 aliphatic carbocycles. The second-order valence-electron chi connectivity index (χ2n) is 12.5. The minimum atomic E-state index is -1.15. The van der Waals surface area contributed by atoms with Gasteiger partial charge in [-0.05, 0) is 84.9 Å². The Bertz CT molecular complexity index is 943. The Morgan fingerprint density at radius 3 is 1.88 bits per heavy atom. The van der Waals surface area contributed by atoms with E-state index < -0.39 is 29.2 Å². The molecule has 0 aliphatic heterocycles. The number of aliphatic carboxylic acids is 1. The molecule has 40 heavy (non-hydrogen) atoms. The number of ether oxygens (including phenoxy) is 2. The van der Waals surface area contributed by atoms with Crippen LogP contribution >= 0.6 is 0 Å². The zero-order valence-corrected chi connectivity index (χ0v) is 25.5. The maximum Gasteiger partial charge on any atom is 0.338 e. The van der Waals surface area contributed by atoms with Crippen LogP contribution in [0.5, 0.6) is 0 Å². The van der Waals surface area contributed by atoms with Crippen molar-refractivity contribution in [1.82, 2.24) is 5.32 Å². The number of hydrogen-bond donors (Lipinski definition) is 2. The molecular formula is C32H51NO7. The number of amides is 1. The Balaban J connectivity index is 2.11. The van der Waals surface area contributed by atoms with Crippen molar-refractivity contribution in [2.75, 3.05) is 0 Å². The summed E-state index contributed by atoms with van der Waals surface area (Å²) in [6, 6.07) is 6.61. The third-order valence-corrected chi connectivity index (χ3v) is 6.12. The van der Waals surface area contributed by atoms with E-state index >= 15 is 0 Å². The lowest BCUT2D eigenvalue weighted by Crippen LogP contribution is -2.41. The van der Waals surface area contributed by atoms with Gasteiger partial charge in [-0.1, -0.05) is 57.1 Å². The molecule has 0 saturated heterocycles. The predicted octanol–water partition coefficient (Wildman–Crippen LogP) is 6.78. The van der Waals surface area contributed by atoms with Crippen LogP contribution in [0.4, 0.5) is 0 Å². The van der Waals surface area contributed by atoms with Crippen LogP contribution < -0.4 is 5.32 Å². The van der Waals surface area contributed by atoms with Crippen molar-refractivity contribution < 1.29 is 33.8 Å². The summed E-state index contributed by atoms with van der Waals surface area (Å²) in [6.45, 7) is 10.9. The molecule has 1 aromatic carbocycles. The van der Waals surface area contributed by atoms with Gasteiger partial charge in [0.1, 0.15) is 17.2 Å². The number of carboxylic acid groups (broad SMARTS) is 1. The number of carbonyl (C=O) groups excluding carboxylic acids is 3. The summed E-state index contributed by atoms with van der Waals surface area (Å²) in [6.07, 6.45) is 10.7. The van der Waals surface area contributed by atoms with E-state index in [1.165, 1.54) is 12.8 Å². The quantitative estimate of drug-likeness (QED) is 0.150. The zero-order valence-electron chi connectivity index (χ0n) is 25.5. The highest BCUT2D eigenvalue weighted by Gasteiger charge is 2.23. The second kappa shape index (κ2) is 17.7. The zero-order chi connectivity index (χ0) is 30.2. The van der Waals surface area contributed by atoms with Gasteiger partial charge in [0.25, 0.3) is 0 Å². The first-order valence-electron chi connectivity index (χ1n) is 14.7. The third kappa shape index (κ3) is 17.6. The Hall–Kier alpha value is -2.90. The molecule has 8 nitrogen and oxygen atoms in total. The molecule has 1 amide bonds. The molecule has 8 heteroatoms. The molecule has 1 atom stereocenters. The van der Waals surface area contributed by atoms with E-state index in [2.05, 4.69) is 11.4 Å². The molecule has 2 N–H and O–H groups in total. The summed E-state index contributed by atoms with van der Waals surface area (Å²) < 4.78 is 10.6. The monoisotopic (exact) mass is 561 g/mol. The number of benzene rings is 1. The second-order valence-corrected chi connectivity index (χ2v) is 12.5. The summed E-state index contributed by atoms with van der Waals surface area (Å²) in [7, 11) is 0. The molecule has 0 unspecified atom stereocenters. The fourth-order valence-electron chi connectivity index (χ4n) is 4.22. The van der Waals surface area contributed by atoms with E-state index in [0.29, 0.717) is 12.0 Å². The molecule has 0 spiro atoms. The maximum atomic E-state index is 12.3. The molecule has 1 aromatic rings. The van der Waals surface area contributed by atoms with Gasteiger partial charge in [0, 0.05) is 12.8 Å². The Morgan fingerprint density at radius 1 is 0.775 bits per heavy atom. The van der Waals surface area contributed by atoms with Crippen molar-refractivity contribution >= 4 is 23.8 Å². The van der Waals surface area contributed by atoms with Gasteiger partial charge < -0.3 is 19.9 Å². The number of carbonyl (C=O) groups is 4. The number of unbranched alkanes of at least 4 members (excludes halogenated alkanes) is 8. The number of rotatable bonds is 18. The van der Waals surface area contributed by atoms with E-state index in [0.717, 1.165) is 50.5 Å². The van der Waals surface area contributed by atoms with Gasteiger partial charge >= 0.3 is 17.9 Å². The van der Waals surface area contributed by atoms with Crippen molar-refractivity contribution in [3.05, 3.63) is 35.4 Å². The van der Waals surface area contributed by atoms with Gasteiger partial charge in [-0.15, -0.1) is 0 Å². The van der Waals surface area contributed by atoms with Crippen LogP contribution in [0.2, 0.25) is 0 Å². The molecule has 0 aromatic heterocycles. The first-order valence-corrected chi connectivity index (χ1v) is 14.7. The van der Waals surface area contributed by atoms with Crippen LogP contribution in [0.15, 0.2) is 24.3 Å². The van der Waals surface area contributed by atoms with Crippen LogP contribution in [0, 0.1) is 0 Å². The first-order chi connectivity index (χ1) is 18.7. The number of nitrogens with one attached hydrogen (secondary N) is 1. The van der Waals surface area contributed by atoms with Crippen molar-refractivity contribution in [2.45, 2.75) is 142 Å². The van der Waals surface area contributed by atoms with Crippen molar-refractivity contribution in [1.29, 1.82) is 0 Å². The SMILES string of the molecule is CC(C)(C)OC(=O)CC[C@H](NC(=O)CCCCCCCCCCCc1cccc(C(=O)OC(C)(C)C)c1)C(=O)O. The highest BCUT2D eigenvalue weighted by Crippen LogP contribution is 2.16. The lowest BCUT2D eigenvalue weighted by atomic mass is 10.0. The number of hydrogen-bond acceptors (Lipinski definition) is 6. The average Bonchev–Trinajstić information content (AvgIpc) is 2.83. The van der Waals surface area contributed by atoms with E-state index in [-0.39, 0.29) is 31.1 Å². The van der Waals surface area contributed by atoms with Crippen LogP contribution in [0.3, 0.4) is 0 Å². The van der Waals surface area contributed by atoms with Gasteiger partial charge in [0.15, 0.2) is 0 Å². The van der Waals surface area contributed by atoms with Gasteiger partial charge in [-0.3, -0.25) is 9.59 Å². The lowest BCUT2D eigenvalue weighted by molar-refractivity contribution is -0.155. The molecular weight excluding hydrogens is 510 g/mol. The fraction of sp³-hybridized carbons (Fsp3) is 0.688. The lowest BCUT2D eigenvalue weighted by Gasteiger charge is -2.20. The van der Waals surface area contributed by atoms with Crippen LogP contribution in [-0.2, 0) is 30.3 Å². The van der Waals surface area contributed by atoms with Crippen LogP contribution in [0.1, 0.15) is 135 Å². The van der Waals surface area contributed by atoms with Crippen molar-refractivity contribution in [2.24, 2.45) is 0 Å². The summed E-state index contributed by atoms with van der Waals surface area (Å²) in [5.41, 5.74) is 0.631. The molecule has 0 saturated carbocycles. The Labute approximate surface area is 240 Å².